The SMILES string of the molecule is CCCCCCC(=O)c1cc2c(c(O[Si](C)(C)C(C)(C)C)c1)[C@@H]1CC(C)=CC[C@H]1C(C)(C)O2. The van der Waals surface area contributed by atoms with Gasteiger partial charge in [-0.25, -0.2) is 0 Å². The van der Waals surface area contributed by atoms with E-state index < -0.39 is 8.32 Å². The molecule has 2 atom stereocenters. The summed E-state index contributed by atoms with van der Waals surface area (Å²) in [4.78, 5) is 13.2. The van der Waals surface area contributed by atoms with Crippen LogP contribution >= 0.6 is 0 Å². The maximum Gasteiger partial charge on any atom is 0.250 e. The molecule has 0 N–H and O–H groups in total. The number of fused-ring (bicyclic) bond motifs is 3. The summed E-state index contributed by atoms with van der Waals surface area (Å²) >= 11 is 0. The highest BCUT2D eigenvalue weighted by Crippen LogP contribution is 2.55. The zero-order chi connectivity index (χ0) is 24.6. The highest BCUT2D eigenvalue weighted by Gasteiger charge is 2.47. The van der Waals surface area contributed by atoms with Gasteiger partial charge in [-0.15, -0.1) is 0 Å². The molecule has 0 amide bonds. The summed E-state index contributed by atoms with van der Waals surface area (Å²) in [6.07, 6.45) is 9.45. The van der Waals surface area contributed by atoms with Gasteiger partial charge in [0.2, 0.25) is 8.32 Å². The van der Waals surface area contributed by atoms with E-state index in [0.717, 1.165) is 42.7 Å². The van der Waals surface area contributed by atoms with Crippen molar-refractivity contribution in [3.8, 4) is 11.5 Å². The predicted octanol–water partition coefficient (Wildman–Crippen LogP) is 8.83. The molecule has 0 saturated carbocycles. The van der Waals surface area contributed by atoms with Crippen molar-refractivity contribution in [2.24, 2.45) is 5.92 Å². The molecule has 184 valence electrons. The fourth-order valence-corrected chi connectivity index (χ4v) is 6.10. The van der Waals surface area contributed by atoms with E-state index in [1.807, 2.05) is 12.1 Å². The minimum absolute atomic E-state index is 0.0800. The lowest BCUT2D eigenvalue weighted by atomic mass is 9.67. The van der Waals surface area contributed by atoms with Crippen molar-refractivity contribution < 1.29 is 14.0 Å². The number of carbonyl (C=O) groups is 1. The number of carbonyl (C=O) groups excluding carboxylic acids is 1. The summed E-state index contributed by atoms with van der Waals surface area (Å²) < 4.78 is 13.6. The molecule has 1 aromatic rings. The molecule has 4 heteroatoms. The first kappa shape index (κ1) is 26.1. The summed E-state index contributed by atoms with van der Waals surface area (Å²) in [6.45, 7) is 20.2. The third-order valence-corrected chi connectivity index (χ3v) is 12.6. The second-order valence-corrected chi connectivity index (χ2v) is 17.1. The molecular weight excluding hydrogens is 424 g/mol. The first-order valence-electron chi connectivity index (χ1n) is 13.0. The molecule has 0 bridgehead atoms. The van der Waals surface area contributed by atoms with Crippen molar-refractivity contribution in [1.29, 1.82) is 0 Å². The number of hydrogen-bond acceptors (Lipinski definition) is 3. The topological polar surface area (TPSA) is 35.5 Å². The maximum atomic E-state index is 13.2. The minimum atomic E-state index is -2.09. The van der Waals surface area contributed by atoms with Crippen molar-refractivity contribution in [2.75, 3.05) is 0 Å². The number of benzene rings is 1. The predicted molar refractivity (Wildman–Crippen MR) is 141 cm³/mol. The van der Waals surface area contributed by atoms with Gasteiger partial charge in [-0.05, 0) is 70.3 Å². The van der Waals surface area contributed by atoms with E-state index in [1.54, 1.807) is 0 Å². The van der Waals surface area contributed by atoms with Crippen LogP contribution in [-0.2, 0) is 0 Å². The summed E-state index contributed by atoms with van der Waals surface area (Å²) in [7, 11) is -2.09. The molecular formula is C29H46O3Si. The molecule has 0 spiro atoms. The number of ketones is 1. The third-order valence-electron chi connectivity index (χ3n) is 8.24. The lowest BCUT2D eigenvalue weighted by Crippen LogP contribution is -2.47. The molecule has 33 heavy (non-hydrogen) atoms. The summed E-state index contributed by atoms with van der Waals surface area (Å²) in [5, 5.41) is 0.0800. The van der Waals surface area contributed by atoms with Crippen molar-refractivity contribution in [3.63, 3.8) is 0 Å². The molecule has 0 fully saturated rings. The van der Waals surface area contributed by atoms with Gasteiger partial charge in [0.25, 0.3) is 0 Å². The molecule has 1 aliphatic carbocycles. The monoisotopic (exact) mass is 470 g/mol. The average molecular weight is 471 g/mol. The Morgan fingerprint density at radius 2 is 1.88 bits per heavy atom. The van der Waals surface area contributed by atoms with Gasteiger partial charge >= 0.3 is 0 Å². The van der Waals surface area contributed by atoms with Crippen LogP contribution in [-0.4, -0.2) is 19.7 Å². The third kappa shape index (κ3) is 5.58. The highest BCUT2D eigenvalue weighted by molar-refractivity contribution is 6.74. The second kappa shape index (κ2) is 9.60. The fourth-order valence-electron chi connectivity index (χ4n) is 5.08. The molecule has 3 rings (SSSR count). The summed E-state index contributed by atoms with van der Waals surface area (Å²) in [5.41, 5.74) is 3.11. The van der Waals surface area contributed by atoms with E-state index in [4.69, 9.17) is 9.16 Å². The Morgan fingerprint density at radius 1 is 1.18 bits per heavy atom. The largest absolute Gasteiger partial charge is 0.543 e. The van der Waals surface area contributed by atoms with Crippen molar-refractivity contribution in [1.82, 2.24) is 0 Å². The normalized spacial score (nSPS) is 22.0. The second-order valence-electron chi connectivity index (χ2n) is 12.4. The molecule has 1 heterocycles. The van der Waals surface area contributed by atoms with Crippen LogP contribution in [0.2, 0.25) is 18.1 Å². The molecule has 2 aliphatic rings. The number of unbranched alkanes of at least 4 members (excludes halogenated alkanes) is 3. The van der Waals surface area contributed by atoms with Gasteiger partial charge in [0.05, 0.1) is 0 Å². The molecule has 0 radical (unpaired) electrons. The van der Waals surface area contributed by atoms with Crippen LogP contribution < -0.4 is 9.16 Å². The van der Waals surface area contributed by atoms with Crippen molar-refractivity contribution in [2.45, 2.75) is 123 Å². The first-order valence-corrected chi connectivity index (χ1v) is 15.9. The Labute approximate surface area is 203 Å². The van der Waals surface area contributed by atoms with Crippen LogP contribution in [0.15, 0.2) is 23.8 Å². The van der Waals surface area contributed by atoms with E-state index in [-0.39, 0.29) is 16.4 Å². The fraction of sp³-hybridized carbons (Fsp3) is 0.690. The number of hydrogen-bond donors (Lipinski definition) is 0. The van der Waals surface area contributed by atoms with Gasteiger partial charge < -0.3 is 9.16 Å². The highest BCUT2D eigenvalue weighted by atomic mass is 28.4. The van der Waals surface area contributed by atoms with E-state index in [0.29, 0.717) is 18.3 Å². The van der Waals surface area contributed by atoms with Gasteiger partial charge in [0.15, 0.2) is 5.78 Å². The Hall–Kier alpha value is -1.55. The lowest BCUT2D eigenvalue weighted by molar-refractivity contribution is 0.00777. The molecule has 1 aliphatic heterocycles. The van der Waals surface area contributed by atoms with Crippen LogP contribution in [0.5, 0.6) is 11.5 Å². The van der Waals surface area contributed by atoms with E-state index in [9.17, 15) is 4.79 Å². The Morgan fingerprint density at radius 3 is 2.52 bits per heavy atom. The van der Waals surface area contributed by atoms with Gasteiger partial charge in [-0.1, -0.05) is 58.6 Å². The molecule has 0 unspecified atom stereocenters. The number of allylic oxidation sites excluding steroid dienone is 2. The van der Waals surface area contributed by atoms with Crippen molar-refractivity contribution >= 4 is 14.1 Å². The zero-order valence-corrected chi connectivity index (χ0v) is 23.6. The molecule has 0 aromatic heterocycles. The van der Waals surface area contributed by atoms with Crippen molar-refractivity contribution in [3.05, 3.63) is 34.9 Å². The number of rotatable bonds is 8. The van der Waals surface area contributed by atoms with Crippen LogP contribution in [0.1, 0.15) is 115 Å². The summed E-state index contributed by atoms with van der Waals surface area (Å²) in [5.74, 6) is 2.74. The minimum Gasteiger partial charge on any atom is -0.543 e. The van der Waals surface area contributed by atoms with Crippen LogP contribution in [0.25, 0.3) is 0 Å². The quantitative estimate of drug-likeness (QED) is 0.165. The van der Waals surface area contributed by atoms with Gasteiger partial charge in [0.1, 0.15) is 17.1 Å². The van der Waals surface area contributed by atoms with E-state index >= 15 is 0 Å². The van der Waals surface area contributed by atoms with Gasteiger partial charge in [-0.2, -0.15) is 0 Å². The number of Topliss-reactive ketones (excluding diaryl/α,β-unsaturated/α-hetero) is 1. The molecule has 0 saturated heterocycles. The van der Waals surface area contributed by atoms with Crippen LogP contribution in [0, 0.1) is 5.92 Å². The average Bonchev–Trinajstić information content (AvgIpc) is 2.68. The molecule has 3 nitrogen and oxygen atoms in total. The smallest absolute Gasteiger partial charge is 0.250 e. The first-order chi connectivity index (χ1) is 15.3. The Kier molecular flexibility index (Phi) is 7.58. The van der Waals surface area contributed by atoms with E-state index in [2.05, 4.69) is 67.6 Å². The van der Waals surface area contributed by atoms with Crippen LogP contribution in [0.3, 0.4) is 0 Å². The van der Waals surface area contributed by atoms with E-state index in [1.165, 1.54) is 24.0 Å². The molecule has 1 aromatic carbocycles. The standard InChI is InChI=1S/C29H46O3Si/c1-10-11-12-13-14-24(30)21-18-25-27(26(19-21)32-33(8,9)28(3,4)5)22-17-20(2)15-16-23(22)29(6,7)31-25/h15,18-19,22-23H,10-14,16-17H2,1-9H3/t22-,23-/m1/s1. The summed E-state index contributed by atoms with van der Waals surface area (Å²) in [6, 6.07) is 4.06. The maximum absolute atomic E-state index is 13.2. The Balaban J connectivity index is 2.07. The van der Waals surface area contributed by atoms with Crippen LogP contribution in [0.4, 0.5) is 0 Å². The van der Waals surface area contributed by atoms with Gasteiger partial charge in [-0.3, -0.25) is 4.79 Å². The zero-order valence-electron chi connectivity index (χ0n) is 22.6. The van der Waals surface area contributed by atoms with Gasteiger partial charge in [0, 0.05) is 29.4 Å². The Bertz CT molecular complexity index is 904. The number of ether oxygens (including phenoxy) is 1. The lowest BCUT2D eigenvalue weighted by Gasteiger charge is -2.48.